The topological polar surface area (TPSA) is 69.7 Å². The Hall–Kier alpha value is -1.80. The molecule has 3 rings (SSSR count). The van der Waals surface area contributed by atoms with Crippen molar-refractivity contribution in [2.45, 2.75) is 32.4 Å². The molecule has 0 aliphatic carbocycles. The molecule has 0 unspecified atom stereocenters. The highest BCUT2D eigenvalue weighted by Crippen LogP contribution is 2.30. The molecule has 0 radical (unpaired) electrons. The monoisotopic (exact) mass is 483 g/mol. The van der Waals surface area contributed by atoms with Crippen molar-refractivity contribution in [1.29, 1.82) is 0 Å². The Labute approximate surface area is 194 Å². The van der Waals surface area contributed by atoms with E-state index < -0.39 is 15.9 Å². The molecule has 0 bridgehead atoms. The average molecular weight is 484 g/mol. The Bertz CT molecular complexity index is 1020. The lowest BCUT2D eigenvalue weighted by Gasteiger charge is -2.27. The maximum Gasteiger partial charge on any atom is 0.241 e. The van der Waals surface area contributed by atoms with Crippen molar-refractivity contribution in [3.8, 4) is 0 Å². The molecular formula is C22H27Cl2N3O3S. The number of hydrogen-bond donors (Lipinski definition) is 1. The first-order valence-electron chi connectivity index (χ1n) is 10.2. The highest BCUT2D eigenvalue weighted by molar-refractivity contribution is 7.92. The fourth-order valence-electron chi connectivity index (χ4n) is 3.68. The van der Waals surface area contributed by atoms with Crippen LogP contribution < -0.4 is 9.62 Å². The normalized spacial score (nSPS) is 14.9. The van der Waals surface area contributed by atoms with Crippen molar-refractivity contribution < 1.29 is 13.2 Å². The molecule has 1 N–H and O–H groups in total. The van der Waals surface area contributed by atoms with Crippen LogP contribution in [0.4, 0.5) is 5.69 Å². The quantitative estimate of drug-likeness (QED) is 0.614. The molecule has 0 saturated carbocycles. The molecule has 168 valence electrons. The summed E-state index contributed by atoms with van der Waals surface area (Å²) in [5.41, 5.74) is 2.37. The molecular weight excluding hydrogens is 457 g/mol. The number of likely N-dealkylation sites (tertiary alicyclic amines) is 1. The summed E-state index contributed by atoms with van der Waals surface area (Å²) in [6, 6.07) is 12.5. The van der Waals surface area contributed by atoms with Gasteiger partial charge in [-0.1, -0.05) is 53.9 Å². The van der Waals surface area contributed by atoms with Gasteiger partial charge in [0.15, 0.2) is 0 Å². The largest absolute Gasteiger partial charge is 0.350 e. The van der Waals surface area contributed by atoms with E-state index in [0.29, 0.717) is 11.6 Å². The number of amides is 1. The maximum atomic E-state index is 12.6. The minimum Gasteiger partial charge on any atom is -0.350 e. The molecule has 31 heavy (non-hydrogen) atoms. The van der Waals surface area contributed by atoms with Crippen molar-refractivity contribution in [2.75, 3.05) is 30.2 Å². The van der Waals surface area contributed by atoms with Gasteiger partial charge in [-0.05, 0) is 55.3 Å². The molecule has 1 saturated heterocycles. The van der Waals surface area contributed by atoms with Gasteiger partial charge in [0, 0.05) is 18.1 Å². The van der Waals surface area contributed by atoms with Gasteiger partial charge in [0.25, 0.3) is 0 Å². The van der Waals surface area contributed by atoms with Crippen LogP contribution >= 0.6 is 23.2 Å². The lowest BCUT2D eigenvalue weighted by Crippen LogP contribution is -2.40. The predicted octanol–water partition coefficient (Wildman–Crippen LogP) is 4.06. The van der Waals surface area contributed by atoms with E-state index in [2.05, 4.69) is 16.3 Å². The Balaban J connectivity index is 1.68. The molecule has 2 aromatic carbocycles. The summed E-state index contributed by atoms with van der Waals surface area (Å²) in [6.45, 7) is 2.96. The van der Waals surface area contributed by atoms with E-state index in [1.807, 2.05) is 18.2 Å². The smallest absolute Gasteiger partial charge is 0.241 e. The SMILES string of the molecule is CS(=O)(=O)N(CC(=O)NCc1ccccc1CN1CCCCC1)c1cc(Cl)ccc1Cl. The number of piperidine rings is 1. The van der Waals surface area contributed by atoms with Gasteiger partial charge >= 0.3 is 0 Å². The molecule has 1 aliphatic rings. The van der Waals surface area contributed by atoms with Gasteiger partial charge in [-0.25, -0.2) is 8.42 Å². The highest BCUT2D eigenvalue weighted by Gasteiger charge is 2.23. The number of nitrogens with one attached hydrogen (secondary N) is 1. The first-order chi connectivity index (χ1) is 14.7. The van der Waals surface area contributed by atoms with Gasteiger partial charge in [-0.2, -0.15) is 0 Å². The fourth-order valence-corrected chi connectivity index (χ4v) is 4.98. The zero-order valence-electron chi connectivity index (χ0n) is 17.5. The minimum absolute atomic E-state index is 0.178. The van der Waals surface area contributed by atoms with Crippen molar-refractivity contribution in [3.05, 3.63) is 63.6 Å². The van der Waals surface area contributed by atoms with E-state index in [4.69, 9.17) is 23.2 Å². The van der Waals surface area contributed by atoms with Crippen LogP contribution in [0.5, 0.6) is 0 Å². The minimum atomic E-state index is -3.74. The van der Waals surface area contributed by atoms with Gasteiger partial charge in [0.1, 0.15) is 6.54 Å². The lowest BCUT2D eigenvalue weighted by molar-refractivity contribution is -0.119. The predicted molar refractivity (Wildman–Crippen MR) is 126 cm³/mol. The fraction of sp³-hybridized carbons (Fsp3) is 0.409. The number of carbonyl (C=O) groups is 1. The number of sulfonamides is 1. The van der Waals surface area contributed by atoms with E-state index in [0.717, 1.165) is 35.8 Å². The number of anilines is 1. The van der Waals surface area contributed by atoms with Crippen LogP contribution in [0.3, 0.4) is 0 Å². The molecule has 0 spiro atoms. The molecule has 1 heterocycles. The van der Waals surface area contributed by atoms with Crippen LogP contribution in [0.2, 0.25) is 10.0 Å². The van der Waals surface area contributed by atoms with Crippen LogP contribution in [-0.4, -0.2) is 45.1 Å². The molecule has 0 aromatic heterocycles. The second-order valence-electron chi connectivity index (χ2n) is 7.75. The maximum absolute atomic E-state index is 12.6. The van der Waals surface area contributed by atoms with Crippen molar-refractivity contribution in [3.63, 3.8) is 0 Å². The van der Waals surface area contributed by atoms with Crippen molar-refractivity contribution in [1.82, 2.24) is 10.2 Å². The Morgan fingerprint density at radius 3 is 2.42 bits per heavy atom. The Kier molecular flexibility index (Phi) is 8.22. The van der Waals surface area contributed by atoms with Gasteiger partial charge in [0.05, 0.1) is 17.0 Å². The summed E-state index contributed by atoms with van der Waals surface area (Å²) < 4.78 is 25.6. The number of hydrogen-bond acceptors (Lipinski definition) is 4. The molecule has 9 heteroatoms. The number of rotatable bonds is 8. The zero-order chi connectivity index (χ0) is 22.4. The third-order valence-corrected chi connectivity index (χ3v) is 6.98. The summed E-state index contributed by atoms with van der Waals surface area (Å²) >= 11 is 12.2. The first kappa shape index (κ1) is 23.9. The molecule has 1 fully saturated rings. The van der Waals surface area contributed by atoms with E-state index >= 15 is 0 Å². The second kappa shape index (κ2) is 10.7. The van der Waals surface area contributed by atoms with E-state index in [1.54, 1.807) is 6.07 Å². The van der Waals surface area contributed by atoms with Crippen LogP contribution in [-0.2, 0) is 27.9 Å². The van der Waals surface area contributed by atoms with Gasteiger partial charge in [0.2, 0.25) is 15.9 Å². The van der Waals surface area contributed by atoms with Gasteiger partial charge in [-0.3, -0.25) is 14.0 Å². The molecule has 0 atom stereocenters. The first-order valence-corrected chi connectivity index (χ1v) is 12.8. The van der Waals surface area contributed by atoms with E-state index in [1.165, 1.54) is 37.0 Å². The Morgan fingerprint density at radius 2 is 1.74 bits per heavy atom. The highest BCUT2D eigenvalue weighted by atomic mass is 35.5. The molecule has 6 nitrogen and oxygen atoms in total. The number of benzene rings is 2. The van der Waals surface area contributed by atoms with Crippen LogP contribution in [0, 0.1) is 0 Å². The molecule has 1 aliphatic heterocycles. The number of carbonyl (C=O) groups excluding carboxylic acids is 1. The van der Waals surface area contributed by atoms with E-state index in [-0.39, 0.29) is 17.3 Å². The van der Waals surface area contributed by atoms with Crippen LogP contribution in [0.1, 0.15) is 30.4 Å². The standard InChI is InChI=1S/C22H27Cl2N3O3S/c1-31(29,30)27(21-13-19(23)9-10-20(21)24)16-22(28)25-14-17-7-3-4-8-18(17)15-26-11-5-2-6-12-26/h3-4,7-10,13H,2,5-6,11-12,14-16H2,1H3,(H,25,28). The lowest BCUT2D eigenvalue weighted by atomic mass is 10.0. The third kappa shape index (κ3) is 6.84. The summed E-state index contributed by atoms with van der Waals surface area (Å²) in [6.07, 6.45) is 4.74. The summed E-state index contributed by atoms with van der Waals surface area (Å²) in [5, 5.41) is 3.38. The third-order valence-electron chi connectivity index (χ3n) is 5.30. The number of nitrogens with zero attached hydrogens (tertiary/aromatic N) is 2. The molecule has 2 aromatic rings. The Morgan fingerprint density at radius 1 is 1.06 bits per heavy atom. The summed E-state index contributed by atoms with van der Waals surface area (Å²) in [4.78, 5) is 15.1. The molecule has 1 amide bonds. The van der Waals surface area contributed by atoms with Crippen molar-refractivity contribution in [2.24, 2.45) is 0 Å². The number of halogens is 2. The zero-order valence-corrected chi connectivity index (χ0v) is 19.8. The van der Waals surface area contributed by atoms with E-state index in [9.17, 15) is 13.2 Å². The van der Waals surface area contributed by atoms with Crippen LogP contribution in [0.25, 0.3) is 0 Å². The summed E-state index contributed by atoms with van der Waals surface area (Å²) in [5.74, 6) is -0.422. The average Bonchev–Trinajstić information content (AvgIpc) is 2.73. The van der Waals surface area contributed by atoms with Crippen LogP contribution in [0.15, 0.2) is 42.5 Å². The second-order valence-corrected chi connectivity index (χ2v) is 10.5. The van der Waals surface area contributed by atoms with Gasteiger partial charge < -0.3 is 5.32 Å². The summed E-state index contributed by atoms with van der Waals surface area (Å²) in [7, 11) is -3.74. The van der Waals surface area contributed by atoms with Crippen molar-refractivity contribution >= 4 is 44.8 Å². The van der Waals surface area contributed by atoms with Gasteiger partial charge in [-0.15, -0.1) is 0 Å².